The largest absolute Gasteiger partial charge is 0.508 e. The minimum absolute atomic E-state index is 0.169. The zero-order valence-electron chi connectivity index (χ0n) is 21.4. The third-order valence-electron chi connectivity index (χ3n) is 6.93. The summed E-state index contributed by atoms with van der Waals surface area (Å²) < 4.78 is 7.22. The summed E-state index contributed by atoms with van der Waals surface area (Å²) >= 11 is 0. The summed E-state index contributed by atoms with van der Waals surface area (Å²) in [6.07, 6.45) is 4.10. The lowest BCUT2D eigenvalue weighted by Gasteiger charge is -2.22. The Bertz CT molecular complexity index is 1800. The Morgan fingerprint density at radius 1 is 1.03 bits per heavy atom. The summed E-state index contributed by atoms with van der Waals surface area (Å²) in [5.41, 5.74) is 8.11. The number of rotatable bonds is 5. The molecule has 0 atom stereocenters. The number of allylic oxidation sites excluding steroid dienone is 1. The van der Waals surface area contributed by atoms with E-state index in [9.17, 15) is 24.3 Å². The van der Waals surface area contributed by atoms with Crippen molar-refractivity contribution in [1.29, 1.82) is 0 Å². The van der Waals surface area contributed by atoms with Gasteiger partial charge in [-0.25, -0.2) is 14.6 Å². The van der Waals surface area contributed by atoms with Crippen molar-refractivity contribution < 1.29 is 19.4 Å². The van der Waals surface area contributed by atoms with Gasteiger partial charge in [0.25, 0.3) is 5.56 Å². The van der Waals surface area contributed by atoms with Crippen molar-refractivity contribution in [2.45, 2.75) is 19.3 Å². The number of esters is 1. The first kappa shape index (κ1) is 25.7. The normalized spacial score (nSPS) is 13.8. The first-order chi connectivity index (χ1) is 18.7. The van der Waals surface area contributed by atoms with Gasteiger partial charge in [0.05, 0.1) is 16.8 Å². The number of anilines is 1. The molecule has 0 radical (unpaired) electrons. The minimum Gasteiger partial charge on any atom is -0.508 e. The highest BCUT2D eigenvalue weighted by Gasteiger charge is 2.27. The number of para-hydroxylation sites is 1. The monoisotopic (exact) mass is 526 g/mol. The fraction of sp³-hybridized carbons (Fsp3) is 0.207. The summed E-state index contributed by atoms with van der Waals surface area (Å²) in [5.74, 6) is -1.65. The Morgan fingerprint density at radius 3 is 2.49 bits per heavy atom. The first-order valence-electron chi connectivity index (χ1n) is 12.3. The van der Waals surface area contributed by atoms with Crippen molar-refractivity contribution in [3.8, 4) is 5.75 Å². The number of phenolic OH excluding ortho intramolecular Hbond substituents is 1. The second kappa shape index (κ2) is 10.1. The summed E-state index contributed by atoms with van der Waals surface area (Å²) in [4.78, 5) is 56.0. The molecule has 0 aliphatic heterocycles. The van der Waals surface area contributed by atoms with Gasteiger partial charge in [0.1, 0.15) is 17.1 Å². The van der Waals surface area contributed by atoms with E-state index < -0.39 is 35.2 Å². The number of hydrogen-bond acceptors (Lipinski definition) is 8. The first-order valence-corrected chi connectivity index (χ1v) is 12.3. The number of benzene rings is 2. The van der Waals surface area contributed by atoms with Crippen molar-refractivity contribution in [3.63, 3.8) is 0 Å². The molecule has 198 valence electrons. The molecule has 10 nitrogen and oxygen atoms in total. The standard InChI is InChI=1S/C29H26N4O6/c1-32-26(30)24(27(36)33(2)29(32)38)22(35)15-39-28(37)23-19-7-3-4-9-21(19)31-25-17(6-5-8-20(23)25)14-16-10-12-18(34)13-11-16/h3-4,7,9-14,34H,5-6,8,15,30H2,1-2H3/b17-14+. The molecule has 0 bridgehead atoms. The van der Waals surface area contributed by atoms with E-state index in [1.165, 1.54) is 14.1 Å². The molecule has 1 aliphatic carbocycles. The minimum atomic E-state index is -0.854. The molecule has 0 spiro atoms. The number of hydrogen-bond donors (Lipinski definition) is 2. The molecule has 2 aromatic carbocycles. The number of carbonyl (C=O) groups excluding carboxylic acids is 2. The number of ketones is 1. The molecule has 0 saturated carbocycles. The van der Waals surface area contributed by atoms with Crippen LogP contribution in [0.5, 0.6) is 5.75 Å². The average molecular weight is 527 g/mol. The van der Waals surface area contributed by atoms with E-state index in [0.717, 1.165) is 38.7 Å². The van der Waals surface area contributed by atoms with E-state index >= 15 is 0 Å². The van der Waals surface area contributed by atoms with Crippen LogP contribution in [-0.2, 0) is 25.3 Å². The summed E-state index contributed by atoms with van der Waals surface area (Å²) in [6.45, 7) is -0.724. The van der Waals surface area contributed by atoms with Crippen LogP contribution in [-0.4, -0.2) is 37.6 Å². The Labute approximate surface area is 222 Å². The number of pyridine rings is 1. The topological polar surface area (TPSA) is 147 Å². The van der Waals surface area contributed by atoms with Crippen molar-refractivity contribution in [3.05, 3.63) is 97.3 Å². The molecule has 0 unspecified atom stereocenters. The van der Waals surface area contributed by atoms with Crippen LogP contribution in [0.25, 0.3) is 22.6 Å². The Balaban J connectivity index is 1.53. The molecule has 0 amide bonds. The molecule has 10 heteroatoms. The highest BCUT2D eigenvalue weighted by Crippen LogP contribution is 2.36. The predicted octanol–water partition coefficient (Wildman–Crippen LogP) is 2.84. The van der Waals surface area contributed by atoms with Gasteiger partial charge >= 0.3 is 11.7 Å². The van der Waals surface area contributed by atoms with Crippen molar-refractivity contribution in [1.82, 2.24) is 14.1 Å². The van der Waals surface area contributed by atoms with Crippen LogP contribution in [0.4, 0.5) is 5.82 Å². The Kier molecular flexibility index (Phi) is 6.61. The number of aromatic hydroxyl groups is 1. The second-order valence-corrected chi connectivity index (χ2v) is 9.41. The van der Waals surface area contributed by atoms with Crippen molar-refractivity contribution >= 4 is 40.1 Å². The highest BCUT2D eigenvalue weighted by atomic mass is 16.5. The number of fused-ring (bicyclic) bond motifs is 2. The molecule has 1 aliphatic rings. The Morgan fingerprint density at radius 2 is 1.74 bits per heavy atom. The second-order valence-electron chi connectivity index (χ2n) is 9.41. The summed E-state index contributed by atoms with van der Waals surface area (Å²) in [7, 11) is 2.59. The number of nitrogen functional groups attached to an aromatic ring is 1. The number of aromatic nitrogens is 3. The SMILES string of the molecule is Cn1c(N)c(C(=O)COC(=O)c2c3c(nc4ccccc24)/C(=C/c2ccc(O)cc2)CCC3)c(=O)n(C)c1=O. The number of carbonyl (C=O) groups is 2. The average Bonchev–Trinajstić information content (AvgIpc) is 2.94. The number of Topliss-reactive ketones (excluding diaryl/α,β-unsaturated/α-hetero) is 1. The van der Waals surface area contributed by atoms with Gasteiger partial charge < -0.3 is 15.6 Å². The van der Waals surface area contributed by atoms with Crippen LogP contribution in [0, 0.1) is 0 Å². The van der Waals surface area contributed by atoms with Gasteiger partial charge in [-0.05, 0) is 60.2 Å². The Hall–Kier alpha value is -4.99. The molecule has 39 heavy (non-hydrogen) atoms. The lowest BCUT2D eigenvalue weighted by molar-refractivity contribution is 0.0475. The van der Waals surface area contributed by atoms with Crippen LogP contribution in [0.1, 0.15) is 50.4 Å². The van der Waals surface area contributed by atoms with E-state index in [-0.39, 0.29) is 11.6 Å². The van der Waals surface area contributed by atoms with E-state index in [0.29, 0.717) is 28.6 Å². The fourth-order valence-electron chi connectivity index (χ4n) is 4.88. The van der Waals surface area contributed by atoms with Gasteiger partial charge in [-0.3, -0.25) is 18.7 Å². The fourth-order valence-corrected chi connectivity index (χ4v) is 4.88. The van der Waals surface area contributed by atoms with Gasteiger partial charge in [-0.2, -0.15) is 0 Å². The maximum absolute atomic E-state index is 13.5. The quantitative estimate of drug-likeness (QED) is 0.298. The van der Waals surface area contributed by atoms with Crippen LogP contribution >= 0.6 is 0 Å². The lowest BCUT2D eigenvalue weighted by Crippen LogP contribution is -2.42. The zero-order valence-corrected chi connectivity index (χ0v) is 21.4. The van der Waals surface area contributed by atoms with Crippen molar-refractivity contribution in [2.75, 3.05) is 12.3 Å². The molecule has 0 saturated heterocycles. The van der Waals surface area contributed by atoms with Crippen molar-refractivity contribution in [2.24, 2.45) is 14.1 Å². The van der Waals surface area contributed by atoms with Gasteiger partial charge in [0, 0.05) is 19.5 Å². The third kappa shape index (κ3) is 4.61. The zero-order chi connectivity index (χ0) is 27.8. The maximum Gasteiger partial charge on any atom is 0.339 e. The van der Waals surface area contributed by atoms with Crippen LogP contribution in [0.3, 0.4) is 0 Å². The van der Waals surface area contributed by atoms with Gasteiger partial charge in [-0.15, -0.1) is 0 Å². The van der Waals surface area contributed by atoms with E-state index in [1.807, 2.05) is 12.1 Å². The van der Waals surface area contributed by atoms with E-state index in [4.69, 9.17) is 15.5 Å². The maximum atomic E-state index is 13.5. The van der Waals surface area contributed by atoms with E-state index in [1.54, 1.807) is 42.5 Å². The number of nitrogens with two attached hydrogens (primary N) is 1. The third-order valence-corrected chi connectivity index (χ3v) is 6.93. The summed E-state index contributed by atoms with van der Waals surface area (Å²) in [5, 5.41) is 10.2. The molecule has 5 rings (SSSR count). The number of ether oxygens (including phenoxy) is 1. The highest BCUT2D eigenvalue weighted by molar-refractivity contribution is 6.08. The van der Waals surface area contributed by atoms with Gasteiger partial charge in [-0.1, -0.05) is 30.3 Å². The molecule has 2 heterocycles. The number of nitrogens with zero attached hydrogens (tertiary/aromatic N) is 3. The molecular weight excluding hydrogens is 500 g/mol. The summed E-state index contributed by atoms with van der Waals surface area (Å²) in [6, 6.07) is 14.0. The number of phenols is 1. The predicted molar refractivity (Wildman–Crippen MR) is 147 cm³/mol. The van der Waals surface area contributed by atoms with Crippen LogP contribution in [0.2, 0.25) is 0 Å². The molecular formula is C29H26N4O6. The molecule has 4 aromatic rings. The van der Waals surface area contributed by atoms with Gasteiger partial charge in [0.2, 0.25) is 5.78 Å². The van der Waals surface area contributed by atoms with Crippen LogP contribution in [0.15, 0.2) is 58.1 Å². The smallest absolute Gasteiger partial charge is 0.339 e. The molecule has 2 aromatic heterocycles. The van der Waals surface area contributed by atoms with Crippen LogP contribution < -0.4 is 17.0 Å². The van der Waals surface area contributed by atoms with E-state index in [2.05, 4.69) is 0 Å². The lowest BCUT2D eigenvalue weighted by atomic mass is 9.86. The van der Waals surface area contributed by atoms with Gasteiger partial charge in [0.15, 0.2) is 6.61 Å². The molecule has 3 N–H and O–H groups in total. The molecule has 0 fully saturated rings.